The van der Waals surface area contributed by atoms with Crippen molar-refractivity contribution in [1.29, 1.82) is 0 Å². The van der Waals surface area contributed by atoms with Crippen LogP contribution in [0, 0.1) is 4.91 Å². The summed E-state index contributed by atoms with van der Waals surface area (Å²) in [6, 6.07) is 8.07. The maximum absolute atomic E-state index is 10.9. The van der Waals surface area contributed by atoms with Gasteiger partial charge in [0.05, 0.1) is 8.95 Å². The first-order valence-corrected chi connectivity index (χ1v) is 10.8. The van der Waals surface area contributed by atoms with Crippen LogP contribution in [0.15, 0.2) is 44.5 Å². The topological polar surface area (TPSA) is 105 Å². The van der Waals surface area contributed by atoms with Gasteiger partial charge in [-0.25, -0.2) is 0 Å². The summed E-state index contributed by atoms with van der Waals surface area (Å²) in [5.41, 5.74) is 1.14. The second kappa shape index (κ2) is 8.63. The highest BCUT2D eigenvalue weighted by Crippen LogP contribution is 2.42. The Hall–Kier alpha value is -1.25. The molecule has 2 aromatic rings. The average Bonchev–Trinajstić information content (AvgIpc) is 2.55. The maximum Gasteiger partial charge on any atom is 0.362 e. The molecule has 0 aromatic heterocycles. The Kier molecular flexibility index (Phi) is 6.99. The summed E-state index contributed by atoms with van der Waals surface area (Å²) in [7, 11) is -4.27. The summed E-state index contributed by atoms with van der Waals surface area (Å²) in [6.45, 7) is 3.90. The highest BCUT2D eigenvalue weighted by atomic mass is 79.9. The standard InChI is InChI=1S/C16H16Br2NO6P/c1-9(2)12-5-10(3-4-15(12)19-20)25-16-13(17)6-11(7-14(16)18)24-8-26(21,22)23/h3-7,9H,8H2,1-2H3,(H2,21,22,23). The predicted octanol–water partition coefficient (Wildman–Crippen LogP) is 6.04. The molecule has 2 aromatic carbocycles. The summed E-state index contributed by atoms with van der Waals surface area (Å²) in [5.74, 6) is 1.34. The van der Waals surface area contributed by atoms with E-state index in [0.717, 1.165) is 5.56 Å². The Bertz CT molecular complexity index is 845. The molecule has 0 aliphatic heterocycles. The van der Waals surface area contributed by atoms with Crippen molar-refractivity contribution in [2.24, 2.45) is 5.18 Å². The van der Waals surface area contributed by atoms with E-state index in [9.17, 15) is 9.47 Å². The van der Waals surface area contributed by atoms with Gasteiger partial charge in [-0.3, -0.25) is 4.57 Å². The second-order valence-corrected chi connectivity index (χ2v) is 9.02. The van der Waals surface area contributed by atoms with E-state index in [1.807, 2.05) is 13.8 Å². The van der Waals surface area contributed by atoms with Crippen LogP contribution in [0.3, 0.4) is 0 Å². The van der Waals surface area contributed by atoms with Crippen molar-refractivity contribution >= 4 is 45.1 Å². The predicted molar refractivity (Wildman–Crippen MR) is 105 cm³/mol. The number of nitrogens with zero attached hydrogens (tertiary/aromatic N) is 1. The normalized spacial score (nSPS) is 11.5. The third kappa shape index (κ3) is 5.62. The molecule has 0 aliphatic rings. The number of ether oxygens (including phenoxy) is 2. The van der Waals surface area contributed by atoms with Gasteiger partial charge < -0.3 is 19.3 Å². The minimum atomic E-state index is -4.27. The number of halogens is 2. The van der Waals surface area contributed by atoms with E-state index in [1.165, 1.54) is 0 Å². The van der Waals surface area contributed by atoms with Crippen molar-refractivity contribution in [2.75, 3.05) is 6.35 Å². The number of benzene rings is 2. The molecule has 2 N–H and O–H groups in total. The molecule has 0 spiro atoms. The molecular weight excluding hydrogens is 493 g/mol. The summed E-state index contributed by atoms with van der Waals surface area (Å²) in [4.78, 5) is 28.7. The number of hydrogen-bond acceptors (Lipinski definition) is 5. The van der Waals surface area contributed by atoms with Crippen LogP contribution in [0.4, 0.5) is 5.69 Å². The van der Waals surface area contributed by atoms with E-state index in [0.29, 0.717) is 26.1 Å². The van der Waals surface area contributed by atoms with Crippen LogP contribution in [-0.2, 0) is 4.57 Å². The number of hydrogen-bond donors (Lipinski definition) is 2. The molecule has 7 nitrogen and oxygen atoms in total. The third-order valence-electron chi connectivity index (χ3n) is 3.31. The van der Waals surface area contributed by atoms with Crippen molar-refractivity contribution < 1.29 is 23.8 Å². The molecule has 0 heterocycles. The minimum absolute atomic E-state index is 0.0987. The van der Waals surface area contributed by atoms with E-state index in [2.05, 4.69) is 37.0 Å². The van der Waals surface area contributed by atoms with Crippen LogP contribution in [0.1, 0.15) is 25.3 Å². The first kappa shape index (κ1) is 21.1. The highest BCUT2D eigenvalue weighted by molar-refractivity contribution is 9.11. The number of nitroso groups, excluding NO2 is 1. The molecule has 0 amide bonds. The molecule has 0 saturated carbocycles. The molecule has 10 heteroatoms. The quantitative estimate of drug-likeness (QED) is 0.349. The summed E-state index contributed by atoms with van der Waals surface area (Å²) < 4.78 is 22.9. The molecule has 2 rings (SSSR count). The van der Waals surface area contributed by atoms with Crippen molar-refractivity contribution in [3.05, 3.63) is 49.7 Å². The molecule has 0 saturated heterocycles. The van der Waals surface area contributed by atoms with E-state index in [1.54, 1.807) is 30.3 Å². The van der Waals surface area contributed by atoms with Crippen LogP contribution < -0.4 is 9.47 Å². The van der Waals surface area contributed by atoms with Crippen molar-refractivity contribution in [3.63, 3.8) is 0 Å². The molecule has 0 bridgehead atoms. The molecular formula is C16H16Br2NO6P. The minimum Gasteiger partial charge on any atom is -0.481 e. The maximum atomic E-state index is 10.9. The van der Waals surface area contributed by atoms with E-state index < -0.39 is 13.9 Å². The van der Waals surface area contributed by atoms with Gasteiger partial charge in [0, 0.05) is 0 Å². The van der Waals surface area contributed by atoms with Crippen molar-refractivity contribution in [1.82, 2.24) is 0 Å². The van der Waals surface area contributed by atoms with Gasteiger partial charge >= 0.3 is 7.60 Å². The zero-order valence-electron chi connectivity index (χ0n) is 13.8. The van der Waals surface area contributed by atoms with Crippen LogP contribution in [0.25, 0.3) is 0 Å². The largest absolute Gasteiger partial charge is 0.481 e. The lowest BCUT2D eigenvalue weighted by atomic mass is 10.0. The third-order valence-corrected chi connectivity index (χ3v) is 4.95. The van der Waals surface area contributed by atoms with Crippen LogP contribution in [-0.4, -0.2) is 16.1 Å². The first-order chi connectivity index (χ1) is 12.1. The average molecular weight is 509 g/mol. The molecule has 0 radical (unpaired) electrons. The number of rotatable bonds is 7. The molecule has 0 aliphatic carbocycles. The van der Waals surface area contributed by atoms with Crippen LogP contribution in [0.5, 0.6) is 17.2 Å². The van der Waals surface area contributed by atoms with Crippen molar-refractivity contribution in [2.45, 2.75) is 19.8 Å². The van der Waals surface area contributed by atoms with Gasteiger partial charge in [-0.05, 0) is 78.8 Å². The monoisotopic (exact) mass is 507 g/mol. The van der Waals surface area contributed by atoms with Crippen molar-refractivity contribution in [3.8, 4) is 17.2 Å². The Morgan fingerprint density at radius 1 is 1.12 bits per heavy atom. The zero-order chi connectivity index (χ0) is 19.5. The first-order valence-electron chi connectivity index (χ1n) is 7.42. The van der Waals surface area contributed by atoms with Gasteiger partial charge in [0.1, 0.15) is 17.2 Å². The molecule has 0 unspecified atom stereocenters. The lowest BCUT2D eigenvalue weighted by molar-refractivity contribution is 0.300. The van der Waals surface area contributed by atoms with Gasteiger partial charge in [0.2, 0.25) is 0 Å². The second-order valence-electron chi connectivity index (χ2n) is 5.72. The van der Waals surface area contributed by atoms with Gasteiger partial charge in [-0.15, -0.1) is 4.91 Å². The van der Waals surface area contributed by atoms with E-state index in [-0.39, 0.29) is 11.7 Å². The molecule has 0 fully saturated rings. The SMILES string of the molecule is CC(C)c1cc(Oc2c(Br)cc(OCP(=O)(O)O)cc2Br)ccc1N=O. The van der Waals surface area contributed by atoms with Gasteiger partial charge in [0.25, 0.3) is 0 Å². The lowest BCUT2D eigenvalue weighted by Gasteiger charge is -2.15. The zero-order valence-corrected chi connectivity index (χ0v) is 17.9. The lowest BCUT2D eigenvalue weighted by Crippen LogP contribution is -1.98. The van der Waals surface area contributed by atoms with E-state index >= 15 is 0 Å². The van der Waals surface area contributed by atoms with Gasteiger partial charge in [0.15, 0.2) is 12.1 Å². The Labute approximate surface area is 167 Å². The van der Waals surface area contributed by atoms with Crippen LogP contribution in [0.2, 0.25) is 0 Å². The fourth-order valence-electron chi connectivity index (χ4n) is 2.14. The molecule has 0 atom stereocenters. The van der Waals surface area contributed by atoms with Gasteiger partial charge in [-0.2, -0.15) is 0 Å². The highest BCUT2D eigenvalue weighted by Gasteiger charge is 2.17. The Morgan fingerprint density at radius 2 is 1.73 bits per heavy atom. The van der Waals surface area contributed by atoms with Crippen LogP contribution >= 0.6 is 39.5 Å². The molecule has 140 valence electrons. The summed E-state index contributed by atoms with van der Waals surface area (Å²) in [5, 5.41) is 3.02. The molecule has 26 heavy (non-hydrogen) atoms. The fraction of sp³-hybridized carbons (Fsp3) is 0.250. The summed E-state index contributed by atoms with van der Waals surface area (Å²) in [6.07, 6.45) is -0.718. The fourth-order valence-corrected chi connectivity index (χ4v) is 3.76. The van der Waals surface area contributed by atoms with Gasteiger partial charge in [-0.1, -0.05) is 13.8 Å². The Morgan fingerprint density at radius 3 is 2.23 bits per heavy atom. The summed E-state index contributed by atoms with van der Waals surface area (Å²) >= 11 is 6.71. The van der Waals surface area contributed by atoms with E-state index in [4.69, 9.17) is 19.3 Å². The Balaban J connectivity index is 2.28. The smallest absolute Gasteiger partial charge is 0.362 e.